The van der Waals surface area contributed by atoms with Gasteiger partial charge in [-0.2, -0.15) is 0 Å². The Kier molecular flexibility index (Phi) is 5.08. The standard InChI is InChI=1S/C16H32N2/c1-4-18-12-5-7-15(13-18)8-10-16(14(2)3)9-6-11-17-16/h14-15,17H,4-13H2,1-3H3. The van der Waals surface area contributed by atoms with Crippen molar-refractivity contribution in [2.24, 2.45) is 11.8 Å². The smallest absolute Gasteiger partial charge is 0.0205 e. The lowest BCUT2D eigenvalue weighted by Crippen LogP contribution is -2.45. The Bertz CT molecular complexity index is 243. The highest BCUT2D eigenvalue weighted by Gasteiger charge is 2.36. The van der Waals surface area contributed by atoms with E-state index in [1.807, 2.05) is 0 Å². The first-order valence-electron chi connectivity index (χ1n) is 8.13. The lowest BCUT2D eigenvalue weighted by Gasteiger charge is -2.37. The Morgan fingerprint density at radius 3 is 2.78 bits per heavy atom. The zero-order valence-corrected chi connectivity index (χ0v) is 12.7. The predicted molar refractivity (Wildman–Crippen MR) is 78.9 cm³/mol. The van der Waals surface area contributed by atoms with Gasteiger partial charge in [-0.3, -0.25) is 0 Å². The minimum absolute atomic E-state index is 0.467. The summed E-state index contributed by atoms with van der Waals surface area (Å²) in [6.45, 7) is 12.3. The van der Waals surface area contributed by atoms with E-state index in [1.165, 1.54) is 64.7 Å². The number of nitrogens with one attached hydrogen (secondary N) is 1. The van der Waals surface area contributed by atoms with Gasteiger partial charge >= 0.3 is 0 Å². The molecule has 0 aromatic heterocycles. The summed E-state index contributed by atoms with van der Waals surface area (Å²) in [4.78, 5) is 2.64. The number of hydrogen-bond donors (Lipinski definition) is 1. The van der Waals surface area contributed by atoms with E-state index in [9.17, 15) is 0 Å². The monoisotopic (exact) mass is 252 g/mol. The molecule has 0 aromatic carbocycles. The average molecular weight is 252 g/mol. The second-order valence-corrected chi connectivity index (χ2v) is 6.78. The van der Waals surface area contributed by atoms with E-state index >= 15 is 0 Å². The third-order valence-electron chi connectivity index (χ3n) is 5.43. The van der Waals surface area contributed by atoms with Crippen LogP contribution in [0.15, 0.2) is 0 Å². The molecule has 0 aliphatic carbocycles. The van der Waals surface area contributed by atoms with Crippen LogP contribution in [0.1, 0.15) is 59.3 Å². The molecule has 0 radical (unpaired) electrons. The lowest BCUT2D eigenvalue weighted by molar-refractivity contribution is 0.154. The van der Waals surface area contributed by atoms with Gasteiger partial charge < -0.3 is 10.2 Å². The van der Waals surface area contributed by atoms with Gasteiger partial charge in [-0.05, 0) is 70.0 Å². The van der Waals surface area contributed by atoms with Crippen LogP contribution in [0.2, 0.25) is 0 Å². The van der Waals surface area contributed by atoms with E-state index in [1.54, 1.807) is 0 Å². The van der Waals surface area contributed by atoms with Crippen molar-refractivity contribution >= 4 is 0 Å². The first kappa shape index (κ1) is 14.3. The van der Waals surface area contributed by atoms with Crippen LogP contribution in [0, 0.1) is 11.8 Å². The topological polar surface area (TPSA) is 15.3 Å². The Hall–Kier alpha value is -0.0800. The molecular formula is C16H32N2. The summed E-state index contributed by atoms with van der Waals surface area (Å²) in [6.07, 6.45) is 8.48. The third kappa shape index (κ3) is 3.27. The molecule has 2 unspecified atom stereocenters. The van der Waals surface area contributed by atoms with Gasteiger partial charge in [0.05, 0.1) is 0 Å². The van der Waals surface area contributed by atoms with E-state index in [-0.39, 0.29) is 0 Å². The van der Waals surface area contributed by atoms with Crippen LogP contribution in [0.3, 0.4) is 0 Å². The summed E-state index contributed by atoms with van der Waals surface area (Å²) >= 11 is 0. The zero-order chi connectivity index (χ0) is 13.0. The molecule has 2 rings (SSSR count). The minimum Gasteiger partial charge on any atom is -0.311 e. The lowest BCUT2D eigenvalue weighted by atomic mass is 9.78. The predicted octanol–water partition coefficient (Wildman–Crippen LogP) is 3.28. The van der Waals surface area contributed by atoms with Crippen LogP contribution >= 0.6 is 0 Å². The van der Waals surface area contributed by atoms with E-state index < -0.39 is 0 Å². The van der Waals surface area contributed by atoms with Gasteiger partial charge in [0.2, 0.25) is 0 Å². The molecule has 0 amide bonds. The van der Waals surface area contributed by atoms with E-state index in [4.69, 9.17) is 0 Å². The van der Waals surface area contributed by atoms with Crippen molar-refractivity contribution in [3.05, 3.63) is 0 Å². The van der Waals surface area contributed by atoms with Gasteiger partial charge in [-0.25, -0.2) is 0 Å². The molecule has 0 spiro atoms. The van der Waals surface area contributed by atoms with Crippen LogP contribution in [0.5, 0.6) is 0 Å². The highest BCUT2D eigenvalue weighted by molar-refractivity contribution is 4.96. The van der Waals surface area contributed by atoms with Crippen molar-refractivity contribution < 1.29 is 0 Å². The molecule has 2 atom stereocenters. The highest BCUT2D eigenvalue weighted by atomic mass is 15.1. The summed E-state index contributed by atoms with van der Waals surface area (Å²) in [5.74, 6) is 1.74. The number of piperidine rings is 1. The normalized spacial score (nSPS) is 34.3. The molecule has 106 valence electrons. The Balaban J connectivity index is 1.82. The number of nitrogens with zero attached hydrogens (tertiary/aromatic N) is 1. The maximum atomic E-state index is 3.82. The number of hydrogen-bond acceptors (Lipinski definition) is 2. The van der Waals surface area contributed by atoms with Crippen LogP contribution in [-0.2, 0) is 0 Å². The van der Waals surface area contributed by atoms with Crippen molar-refractivity contribution in [1.82, 2.24) is 10.2 Å². The molecule has 1 N–H and O–H groups in total. The van der Waals surface area contributed by atoms with Gasteiger partial charge in [-0.1, -0.05) is 20.8 Å². The fourth-order valence-electron chi connectivity index (χ4n) is 3.96. The maximum absolute atomic E-state index is 3.82. The fourth-order valence-corrected chi connectivity index (χ4v) is 3.96. The van der Waals surface area contributed by atoms with Crippen LogP contribution in [0.4, 0.5) is 0 Å². The first-order chi connectivity index (χ1) is 8.66. The van der Waals surface area contributed by atoms with Crippen LogP contribution in [0.25, 0.3) is 0 Å². The summed E-state index contributed by atoms with van der Waals surface area (Å²) in [6, 6.07) is 0. The van der Waals surface area contributed by atoms with Gasteiger partial charge in [-0.15, -0.1) is 0 Å². The van der Waals surface area contributed by atoms with Crippen molar-refractivity contribution in [3.63, 3.8) is 0 Å². The van der Waals surface area contributed by atoms with Crippen molar-refractivity contribution in [2.45, 2.75) is 64.8 Å². The Morgan fingerprint density at radius 1 is 1.33 bits per heavy atom. The first-order valence-corrected chi connectivity index (χ1v) is 8.13. The molecule has 2 nitrogen and oxygen atoms in total. The molecule has 0 saturated carbocycles. The third-order valence-corrected chi connectivity index (χ3v) is 5.43. The molecule has 2 aliphatic rings. The molecule has 2 heterocycles. The van der Waals surface area contributed by atoms with Crippen molar-refractivity contribution in [1.29, 1.82) is 0 Å². The second-order valence-electron chi connectivity index (χ2n) is 6.78. The van der Waals surface area contributed by atoms with Gasteiger partial charge in [0.25, 0.3) is 0 Å². The maximum Gasteiger partial charge on any atom is 0.0205 e. The SMILES string of the molecule is CCN1CCCC(CCC2(C(C)C)CCCN2)C1. The van der Waals surface area contributed by atoms with Gasteiger partial charge in [0.1, 0.15) is 0 Å². The zero-order valence-electron chi connectivity index (χ0n) is 12.7. The number of rotatable bonds is 5. The van der Waals surface area contributed by atoms with E-state index in [0.29, 0.717) is 5.54 Å². The highest BCUT2D eigenvalue weighted by Crippen LogP contribution is 2.34. The molecule has 2 aliphatic heterocycles. The average Bonchev–Trinajstić information content (AvgIpc) is 2.87. The summed E-state index contributed by atoms with van der Waals surface area (Å²) in [5.41, 5.74) is 0.467. The molecule has 2 fully saturated rings. The summed E-state index contributed by atoms with van der Waals surface area (Å²) in [5, 5.41) is 3.82. The molecular weight excluding hydrogens is 220 g/mol. The quantitative estimate of drug-likeness (QED) is 0.808. The molecule has 2 saturated heterocycles. The van der Waals surface area contributed by atoms with Gasteiger partial charge in [0.15, 0.2) is 0 Å². The largest absolute Gasteiger partial charge is 0.311 e. The van der Waals surface area contributed by atoms with Crippen molar-refractivity contribution in [2.75, 3.05) is 26.2 Å². The summed E-state index contributed by atoms with van der Waals surface area (Å²) < 4.78 is 0. The molecule has 2 heteroatoms. The van der Waals surface area contributed by atoms with Gasteiger partial charge in [0, 0.05) is 12.1 Å². The Labute approximate surface area is 114 Å². The second kappa shape index (κ2) is 6.38. The molecule has 18 heavy (non-hydrogen) atoms. The van der Waals surface area contributed by atoms with E-state index in [0.717, 1.165) is 11.8 Å². The fraction of sp³-hybridized carbons (Fsp3) is 1.00. The minimum atomic E-state index is 0.467. The molecule has 0 bridgehead atoms. The Morgan fingerprint density at radius 2 is 2.17 bits per heavy atom. The van der Waals surface area contributed by atoms with Crippen molar-refractivity contribution in [3.8, 4) is 0 Å². The summed E-state index contributed by atoms with van der Waals surface area (Å²) in [7, 11) is 0. The molecule has 0 aromatic rings. The van der Waals surface area contributed by atoms with Crippen LogP contribution in [-0.4, -0.2) is 36.6 Å². The van der Waals surface area contributed by atoms with Crippen LogP contribution < -0.4 is 5.32 Å². The van der Waals surface area contributed by atoms with E-state index in [2.05, 4.69) is 31.0 Å². The number of likely N-dealkylation sites (tertiary alicyclic amines) is 1.